The van der Waals surface area contributed by atoms with E-state index >= 15 is 0 Å². The van der Waals surface area contributed by atoms with E-state index in [2.05, 4.69) is 9.88 Å². The van der Waals surface area contributed by atoms with E-state index < -0.39 is 0 Å². The molecule has 0 N–H and O–H groups in total. The summed E-state index contributed by atoms with van der Waals surface area (Å²) in [5.41, 5.74) is 0.559. The number of rotatable bonds is 3. The van der Waals surface area contributed by atoms with Crippen LogP contribution < -0.4 is 14.4 Å². The maximum Gasteiger partial charge on any atom is 0.254 e. The lowest BCUT2D eigenvalue weighted by Gasteiger charge is -2.43. The standard InChI is InChI=1S/C21H22N4O4/c26-20(15-4-5-17-18(11-15)29-14-28-17)25-12-16(13-25)21(27)24-9-7-23(8-10-24)19-3-1-2-6-22-19/h1-6,11,16H,7-10,12-14H2. The first kappa shape index (κ1) is 17.8. The van der Waals surface area contributed by atoms with E-state index in [-0.39, 0.29) is 24.5 Å². The van der Waals surface area contributed by atoms with Gasteiger partial charge in [0.2, 0.25) is 12.7 Å². The average Bonchev–Trinajstić information content (AvgIpc) is 3.21. The summed E-state index contributed by atoms with van der Waals surface area (Å²) in [6.07, 6.45) is 1.78. The number of benzene rings is 1. The van der Waals surface area contributed by atoms with Crippen molar-refractivity contribution in [2.45, 2.75) is 0 Å². The first-order chi connectivity index (χ1) is 14.2. The van der Waals surface area contributed by atoms with Crippen LogP contribution in [0.15, 0.2) is 42.6 Å². The molecular weight excluding hydrogens is 372 g/mol. The van der Waals surface area contributed by atoms with E-state index in [0.29, 0.717) is 43.2 Å². The molecule has 0 spiro atoms. The molecule has 2 amide bonds. The van der Waals surface area contributed by atoms with Crippen LogP contribution in [0.25, 0.3) is 0 Å². The molecule has 2 saturated heterocycles. The zero-order chi connectivity index (χ0) is 19.8. The topological polar surface area (TPSA) is 75.2 Å². The Balaban J connectivity index is 1.13. The molecule has 3 aliphatic rings. The molecule has 1 aromatic heterocycles. The number of carbonyl (C=O) groups is 2. The van der Waals surface area contributed by atoms with Gasteiger partial charge >= 0.3 is 0 Å². The molecule has 0 aliphatic carbocycles. The average molecular weight is 394 g/mol. The van der Waals surface area contributed by atoms with Crippen LogP contribution in [-0.4, -0.2) is 72.7 Å². The Kier molecular flexibility index (Phi) is 4.46. The van der Waals surface area contributed by atoms with Crippen LogP contribution in [0.1, 0.15) is 10.4 Å². The maximum atomic E-state index is 12.8. The molecule has 0 radical (unpaired) electrons. The minimum atomic E-state index is -0.116. The molecule has 8 nitrogen and oxygen atoms in total. The third-order valence-corrected chi connectivity index (χ3v) is 5.70. The van der Waals surface area contributed by atoms with Crippen molar-refractivity contribution in [3.05, 3.63) is 48.2 Å². The Morgan fingerprint density at radius 3 is 2.48 bits per heavy atom. The van der Waals surface area contributed by atoms with Gasteiger partial charge in [0, 0.05) is 51.0 Å². The van der Waals surface area contributed by atoms with Crippen molar-refractivity contribution in [2.24, 2.45) is 5.92 Å². The maximum absolute atomic E-state index is 12.8. The molecule has 0 bridgehead atoms. The van der Waals surface area contributed by atoms with E-state index in [4.69, 9.17) is 9.47 Å². The molecule has 0 unspecified atom stereocenters. The van der Waals surface area contributed by atoms with Gasteiger partial charge in [-0.3, -0.25) is 9.59 Å². The summed E-state index contributed by atoms with van der Waals surface area (Å²) in [4.78, 5) is 35.7. The third kappa shape index (κ3) is 3.35. The van der Waals surface area contributed by atoms with Gasteiger partial charge in [-0.15, -0.1) is 0 Å². The number of aromatic nitrogens is 1. The van der Waals surface area contributed by atoms with Crippen LogP contribution in [0.2, 0.25) is 0 Å². The quantitative estimate of drug-likeness (QED) is 0.780. The van der Waals surface area contributed by atoms with Gasteiger partial charge < -0.3 is 24.2 Å². The van der Waals surface area contributed by atoms with Crippen LogP contribution in [-0.2, 0) is 4.79 Å². The first-order valence-electron chi connectivity index (χ1n) is 9.83. The Hall–Kier alpha value is -3.29. The number of nitrogens with zero attached hydrogens (tertiary/aromatic N) is 4. The molecule has 3 aliphatic heterocycles. The Bertz CT molecular complexity index is 922. The van der Waals surface area contributed by atoms with E-state index in [1.165, 1.54) is 0 Å². The van der Waals surface area contributed by atoms with Crippen LogP contribution in [0.4, 0.5) is 5.82 Å². The van der Waals surface area contributed by atoms with Crippen molar-refractivity contribution in [1.82, 2.24) is 14.8 Å². The molecule has 29 heavy (non-hydrogen) atoms. The summed E-state index contributed by atoms with van der Waals surface area (Å²) in [7, 11) is 0. The second-order valence-corrected chi connectivity index (χ2v) is 7.48. The molecule has 4 heterocycles. The zero-order valence-corrected chi connectivity index (χ0v) is 16.0. The highest BCUT2D eigenvalue weighted by Gasteiger charge is 2.39. The minimum Gasteiger partial charge on any atom is -0.454 e. The summed E-state index contributed by atoms with van der Waals surface area (Å²) < 4.78 is 10.6. The second-order valence-electron chi connectivity index (χ2n) is 7.48. The number of amides is 2. The third-order valence-electron chi connectivity index (χ3n) is 5.70. The van der Waals surface area contributed by atoms with Gasteiger partial charge in [0.25, 0.3) is 5.91 Å². The number of likely N-dealkylation sites (tertiary alicyclic amines) is 1. The van der Waals surface area contributed by atoms with Crippen molar-refractivity contribution in [3.8, 4) is 11.5 Å². The molecule has 8 heteroatoms. The van der Waals surface area contributed by atoms with Gasteiger partial charge in [0.05, 0.1) is 5.92 Å². The Morgan fingerprint density at radius 1 is 0.931 bits per heavy atom. The SMILES string of the molecule is O=C(c1ccc2c(c1)OCO2)N1CC(C(=O)N2CCN(c3ccccn3)CC2)C1. The molecule has 2 aromatic rings. The van der Waals surface area contributed by atoms with E-state index in [9.17, 15) is 9.59 Å². The smallest absolute Gasteiger partial charge is 0.254 e. The fraction of sp³-hybridized carbons (Fsp3) is 0.381. The van der Waals surface area contributed by atoms with Gasteiger partial charge in [0.1, 0.15) is 5.82 Å². The lowest BCUT2D eigenvalue weighted by Crippen LogP contribution is -2.59. The number of pyridine rings is 1. The largest absolute Gasteiger partial charge is 0.454 e. The van der Waals surface area contributed by atoms with Gasteiger partial charge in [-0.2, -0.15) is 0 Å². The van der Waals surface area contributed by atoms with Gasteiger partial charge in [-0.25, -0.2) is 4.98 Å². The highest BCUT2D eigenvalue weighted by atomic mass is 16.7. The van der Waals surface area contributed by atoms with Gasteiger partial charge in [0.15, 0.2) is 11.5 Å². The molecule has 5 rings (SSSR count). The van der Waals surface area contributed by atoms with Gasteiger partial charge in [-0.1, -0.05) is 6.07 Å². The summed E-state index contributed by atoms with van der Waals surface area (Å²) in [6.45, 7) is 4.02. The number of hydrogen-bond donors (Lipinski definition) is 0. The number of piperazine rings is 1. The van der Waals surface area contributed by atoms with Crippen molar-refractivity contribution in [3.63, 3.8) is 0 Å². The summed E-state index contributed by atoms with van der Waals surface area (Å²) >= 11 is 0. The van der Waals surface area contributed by atoms with Crippen molar-refractivity contribution < 1.29 is 19.1 Å². The zero-order valence-electron chi connectivity index (χ0n) is 16.0. The lowest BCUT2D eigenvalue weighted by molar-refractivity contribution is -0.140. The van der Waals surface area contributed by atoms with E-state index in [0.717, 1.165) is 18.9 Å². The summed E-state index contributed by atoms with van der Waals surface area (Å²) in [5, 5.41) is 0. The molecule has 150 valence electrons. The second kappa shape index (κ2) is 7.27. The van der Waals surface area contributed by atoms with E-state index in [1.54, 1.807) is 29.3 Å². The fourth-order valence-electron chi connectivity index (χ4n) is 3.97. The van der Waals surface area contributed by atoms with Crippen molar-refractivity contribution in [2.75, 3.05) is 51.0 Å². The Labute approximate surface area is 168 Å². The molecular formula is C21H22N4O4. The van der Waals surface area contributed by atoms with Crippen LogP contribution >= 0.6 is 0 Å². The predicted octanol–water partition coefficient (Wildman–Crippen LogP) is 1.23. The number of anilines is 1. The molecule has 0 saturated carbocycles. The van der Waals surface area contributed by atoms with Crippen molar-refractivity contribution >= 4 is 17.6 Å². The summed E-state index contributed by atoms with van der Waals surface area (Å²) in [6, 6.07) is 11.1. The number of fused-ring (bicyclic) bond motifs is 1. The predicted molar refractivity (Wildman–Crippen MR) is 105 cm³/mol. The van der Waals surface area contributed by atoms with E-state index in [1.807, 2.05) is 23.1 Å². The molecule has 0 atom stereocenters. The van der Waals surface area contributed by atoms with Gasteiger partial charge in [-0.05, 0) is 30.3 Å². The van der Waals surface area contributed by atoms with Crippen LogP contribution in [0, 0.1) is 5.92 Å². The highest BCUT2D eigenvalue weighted by Crippen LogP contribution is 2.33. The van der Waals surface area contributed by atoms with Crippen LogP contribution in [0.5, 0.6) is 11.5 Å². The summed E-state index contributed by atoms with van der Waals surface area (Å²) in [5.74, 6) is 2.14. The number of carbonyl (C=O) groups excluding carboxylic acids is 2. The Morgan fingerprint density at radius 2 is 1.72 bits per heavy atom. The highest BCUT2D eigenvalue weighted by molar-refractivity contribution is 5.96. The minimum absolute atomic E-state index is 0.0766. The fourth-order valence-corrected chi connectivity index (χ4v) is 3.97. The normalized spacial score (nSPS) is 18.6. The van der Waals surface area contributed by atoms with Crippen molar-refractivity contribution in [1.29, 1.82) is 0 Å². The van der Waals surface area contributed by atoms with Crippen LogP contribution in [0.3, 0.4) is 0 Å². The molecule has 2 fully saturated rings. The number of ether oxygens (including phenoxy) is 2. The molecule has 1 aromatic carbocycles. The lowest BCUT2D eigenvalue weighted by atomic mass is 9.96. The first-order valence-corrected chi connectivity index (χ1v) is 9.83. The number of hydrogen-bond acceptors (Lipinski definition) is 6. The monoisotopic (exact) mass is 394 g/mol.